The molecule has 0 amide bonds. The highest BCUT2D eigenvalue weighted by atomic mass is 16.5. The zero-order valence-corrected chi connectivity index (χ0v) is 14.4. The molecule has 0 heterocycles. The molecular formula is C18H35NO2. The fraction of sp³-hybridized carbons (Fsp3) is 0.833. The lowest BCUT2D eigenvalue weighted by Crippen LogP contribution is -2.16. The Bertz CT molecular complexity index is 262. The summed E-state index contributed by atoms with van der Waals surface area (Å²) in [5.74, 6) is -0.0442. The first-order chi connectivity index (χ1) is 10.2. The molecule has 0 fully saturated rings. The van der Waals surface area contributed by atoms with E-state index in [1.807, 2.05) is 14.1 Å². The van der Waals surface area contributed by atoms with E-state index in [4.69, 9.17) is 4.74 Å². The standard InChI is InChI=1S/C18H35NO2/c1-4-5-6-7-8-9-10-11-12-13-15-18(20)21-17-14-16-19(2)3/h9-10H,4-8,11-17H2,1-3H3. The van der Waals surface area contributed by atoms with Gasteiger partial charge < -0.3 is 9.64 Å². The van der Waals surface area contributed by atoms with Crippen LogP contribution in [0.5, 0.6) is 0 Å². The SMILES string of the molecule is CCCCCCC=CCCCCC(=O)OCCCN(C)C. The summed E-state index contributed by atoms with van der Waals surface area (Å²) in [4.78, 5) is 13.6. The zero-order chi connectivity index (χ0) is 15.8. The number of hydrogen-bond acceptors (Lipinski definition) is 3. The molecule has 0 saturated heterocycles. The molecule has 0 aromatic rings. The average molecular weight is 297 g/mol. The molecule has 0 unspecified atom stereocenters. The Morgan fingerprint density at radius 2 is 1.62 bits per heavy atom. The van der Waals surface area contributed by atoms with Crippen molar-refractivity contribution in [2.45, 2.75) is 71.1 Å². The van der Waals surface area contributed by atoms with E-state index in [1.165, 1.54) is 32.1 Å². The van der Waals surface area contributed by atoms with E-state index in [2.05, 4.69) is 24.0 Å². The zero-order valence-electron chi connectivity index (χ0n) is 14.4. The second-order valence-corrected chi connectivity index (χ2v) is 5.94. The fourth-order valence-electron chi connectivity index (χ4n) is 2.10. The van der Waals surface area contributed by atoms with E-state index in [9.17, 15) is 4.79 Å². The molecule has 0 aromatic heterocycles. The molecule has 3 heteroatoms. The van der Waals surface area contributed by atoms with Crippen LogP contribution in [0.1, 0.15) is 71.1 Å². The first-order valence-electron chi connectivity index (χ1n) is 8.62. The predicted octanol–water partition coefficient (Wildman–Crippen LogP) is 4.57. The first kappa shape index (κ1) is 20.2. The van der Waals surface area contributed by atoms with Gasteiger partial charge in [-0.05, 0) is 52.6 Å². The molecule has 0 aliphatic rings. The van der Waals surface area contributed by atoms with Gasteiger partial charge in [-0.2, -0.15) is 0 Å². The van der Waals surface area contributed by atoms with Crippen molar-refractivity contribution >= 4 is 5.97 Å². The van der Waals surface area contributed by atoms with Gasteiger partial charge in [0, 0.05) is 13.0 Å². The van der Waals surface area contributed by atoms with Gasteiger partial charge in [0.05, 0.1) is 6.61 Å². The molecular weight excluding hydrogens is 262 g/mol. The first-order valence-corrected chi connectivity index (χ1v) is 8.62. The van der Waals surface area contributed by atoms with Crippen LogP contribution in [0.15, 0.2) is 12.2 Å². The fourth-order valence-corrected chi connectivity index (χ4v) is 2.10. The number of hydrogen-bond donors (Lipinski definition) is 0. The smallest absolute Gasteiger partial charge is 0.305 e. The molecule has 3 nitrogen and oxygen atoms in total. The number of carbonyl (C=O) groups excluding carboxylic acids is 1. The summed E-state index contributed by atoms with van der Waals surface area (Å²) >= 11 is 0. The van der Waals surface area contributed by atoms with Crippen molar-refractivity contribution in [1.82, 2.24) is 4.90 Å². The lowest BCUT2D eigenvalue weighted by atomic mass is 10.1. The highest BCUT2D eigenvalue weighted by molar-refractivity contribution is 5.69. The molecule has 0 atom stereocenters. The molecule has 0 bridgehead atoms. The van der Waals surface area contributed by atoms with Crippen molar-refractivity contribution in [3.8, 4) is 0 Å². The minimum Gasteiger partial charge on any atom is -0.466 e. The average Bonchev–Trinajstić information content (AvgIpc) is 2.45. The minimum atomic E-state index is -0.0442. The lowest BCUT2D eigenvalue weighted by molar-refractivity contribution is -0.143. The van der Waals surface area contributed by atoms with Crippen LogP contribution in [0.3, 0.4) is 0 Å². The van der Waals surface area contributed by atoms with E-state index in [-0.39, 0.29) is 5.97 Å². The Labute approximate surface area is 131 Å². The van der Waals surface area contributed by atoms with Gasteiger partial charge in [-0.25, -0.2) is 0 Å². The van der Waals surface area contributed by atoms with Crippen LogP contribution in [0, 0.1) is 0 Å². The number of allylic oxidation sites excluding steroid dienone is 2. The topological polar surface area (TPSA) is 29.5 Å². The van der Waals surface area contributed by atoms with Crippen molar-refractivity contribution in [3.05, 3.63) is 12.2 Å². The highest BCUT2D eigenvalue weighted by Crippen LogP contribution is 2.06. The van der Waals surface area contributed by atoms with E-state index in [0.717, 1.165) is 32.2 Å². The van der Waals surface area contributed by atoms with Crippen LogP contribution in [0.25, 0.3) is 0 Å². The number of nitrogens with zero attached hydrogens (tertiary/aromatic N) is 1. The molecule has 124 valence electrons. The van der Waals surface area contributed by atoms with Gasteiger partial charge in [0.2, 0.25) is 0 Å². The van der Waals surface area contributed by atoms with Gasteiger partial charge >= 0.3 is 5.97 Å². The van der Waals surface area contributed by atoms with Crippen LogP contribution < -0.4 is 0 Å². The summed E-state index contributed by atoms with van der Waals surface area (Å²) in [6.07, 6.45) is 15.6. The summed E-state index contributed by atoms with van der Waals surface area (Å²) in [6, 6.07) is 0. The molecule has 0 rings (SSSR count). The predicted molar refractivity (Wildman–Crippen MR) is 90.5 cm³/mol. The lowest BCUT2D eigenvalue weighted by Gasteiger charge is -2.09. The maximum absolute atomic E-state index is 11.5. The highest BCUT2D eigenvalue weighted by Gasteiger charge is 2.01. The summed E-state index contributed by atoms with van der Waals surface area (Å²) < 4.78 is 5.19. The molecule has 0 aliphatic carbocycles. The third-order valence-electron chi connectivity index (χ3n) is 3.41. The molecule has 0 N–H and O–H groups in total. The quantitative estimate of drug-likeness (QED) is 0.267. The second kappa shape index (κ2) is 15.6. The minimum absolute atomic E-state index is 0.0442. The molecule has 0 aliphatic heterocycles. The van der Waals surface area contributed by atoms with Crippen LogP contribution in [0.2, 0.25) is 0 Å². The molecule has 21 heavy (non-hydrogen) atoms. The second-order valence-electron chi connectivity index (χ2n) is 5.94. The Morgan fingerprint density at radius 1 is 0.952 bits per heavy atom. The van der Waals surface area contributed by atoms with Gasteiger partial charge in [-0.3, -0.25) is 4.79 Å². The molecule has 0 radical (unpaired) electrons. The number of carbonyl (C=O) groups is 1. The van der Waals surface area contributed by atoms with Crippen LogP contribution in [-0.2, 0) is 9.53 Å². The van der Waals surface area contributed by atoms with E-state index in [1.54, 1.807) is 0 Å². The van der Waals surface area contributed by atoms with Crippen molar-refractivity contribution < 1.29 is 9.53 Å². The number of ether oxygens (including phenoxy) is 1. The Morgan fingerprint density at radius 3 is 2.24 bits per heavy atom. The maximum atomic E-state index is 11.5. The summed E-state index contributed by atoms with van der Waals surface area (Å²) in [5, 5.41) is 0. The van der Waals surface area contributed by atoms with Gasteiger partial charge in [-0.1, -0.05) is 38.3 Å². The number of rotatable bonds is 14. The van der Waals surface area contributed by atoms with E-state index >= 15 is 0 Å². The number of unbranched alkanes of at least 4 members (excludes halogenated alkanes) is 6. The van der Waals surface area contributed by atoms with Gasteiger partial charge in [0.15, 0.2) is 0 Å². The van der Waals surface area contributed by atoms with Gasteiger partial charge in [0.25, 0.3) is 0 Å². The summed E-state index contributed by atoms with van der Waals surface area (Å²) in [7, 11) is 4.05. The van der Waals surface area contributed by atoms with Crippen LogP contribution in [-0.4, -0.2) is 38.1 Å². The van der Waals surface area contributed by atoms with Crippen LogP contribution in [0.4, 0.5) is 0 Å². The molecule has 0 spiro atoms. The van der Waals surface area contributed by atoms with Gasteiger partial charge in [-0.15, -0.1) is 0 Å². The van der Waals surface area contributed by atoms with E-state index in [0.29, 0.717) is 13.0 Å². The monoisotopic (exact) mass is 297 g/mol. The third kappa shape index (κ3) is 17.1. The molecule has 0 saturated carbocycles. The van der Waals surface area contributed by atoms with Crippen molar-refractivity contribution in [3.63, 3.8) is 0 Å². The van der Waals surface area contributed by atoms with Crippen molar-refractivity contribution in [1.29, 1.82) is 0 Å². The Balaban J connectivity index is 3.26. The largest absolute Gasteiger partial charge is 0.466 e. The number of esters is 1. The third-order valence-corrected chi connectivity index (χ3v) is 3.41. The Kier molecular flexibility index (Phi) is 14.9. The normalized spacial score (nSPS) is 11.4. The van der Waals surface area contributed by atoms with Crippen LogP contribution >= 0.6 is 0 Å². The van der Waals surface area contributed by atoms with E-state index < -0.39 is 0 Å². The summed E-state index contributed by atoms with van der Waals surface area (Å²) in [5.41, 5.74) is 0. The summed E-state index contributed by atoms with van der Waals surface area (Å²) in [6.45, 7) is 3.76. The van der Waals surface area contributed by atoms with Crippen molar-refractivity contribution in [2.24, 2.45) is 0 Å². The molecule has 0 aromatic carbocycles. The van der Waals surface area contributed by atoms with Gasteiger partial charge in [0.1, 0.15) is 0 Å². The maximum Gasteiger partial charge on any atom is 0.305 e. The van der Waals surface area contributed by atoms with Crippen molar-refractivity contribution in [2.75, 3.05) is 27.2 Å². The Hall–Kier alpha value is -0.830.